The van der Waals surface area contributed by atoms with Gasteiger partial charge in [0.1, 0.15) is 0 Å². The number of halogens is 3. The van der Waals surface area contributed by atoms with Gasteiger partial charge in [0, 0.05) is 10.0 Å². The smallest absolute Gasteiger partial charge is 0.0735 e. The summed E-state index contributed by atoms with van der Waals surface area (Å²) >= 11 is 11.9. The predicted molar refractivity (Wildman–Crippen MR) is 74.4 cm³/mol. The van der Waals surface area contributed by atoms with Gasteiger partial charge in [-0.3, -0.25) is 0 Å². The van der Waals surface area contributed by atoms with E-state index < -0.39 is 0 Å². The molecule has 0 spiro atoms. The molecule has 1 aromatic carbocycles. The number of benzene rings is 1. The van der Waals surface area contributed by atoms with Crippen LogP contribution in [0.15, 0.2) is 18.2 Å². The van der Waals surface area contributed by atoms with Crippen molar-refractivity contribution in [3.05, 3.63) is 33.8 Å². The van der Waals surface area contributed by atoms with Gasteiger partial charge in [0.25, 0.3) is 0 Å². The van der Waals surface area contributed by atoms with Crippen LogP contribution in [-0.2, 0) is 11.3 Å². The molecule has 0 bridgehead atoms. The molecule has 1 saturated heterocycles. The van der Waals surface area contributed by atoms with Crippen molar-refractivity contribution in [2.75, 3.05) is 13.1 Å². The van der Waals surface area contributed by atoms with E-state index in [4.69, 9.17) is 27.9 Å². The standard InChI is InChI=1S/C12H15Cl2NO.ClH/c13-10-2-1-9(12(14)7-10)8-16-11-3-5-15-6-4-11;/h1-2,7,11,15H,3-6,8H2;1H. The predicted octanol–water partition coefficient (Wildman–Crippen LogP) is 3.68. The summed E-state index contributed by atoms with van der Waals surface area (Å²) in [5.41, 5.74) is 1.00. The fourth-order valence-electron chi connectivity index (χ4n) is 1.81. The fourth-order valence-corrected chi connectivity index (χ4v) is 2.27. The van der Waals surface area contributed by atoms with E-state index >= 15 is 0 Å². The summed E-state index contributed by atoms with van der Waals surface area (Å²) < 4.78 is 5.82. The second kappa shape index (κ2) is 7.45. The zero-order valence-electron chi connectivity index (χ0n) is 9.42. The van der Waals surface area contributed by atoms with Crippen molar-refractivity contribution in [1.29, 1.82) is 0 Å². The molecule has 0 aromatic heterocycles. The van der Waals surface area contributed by atoms with E-state index in [1.165, 1.54) is 0 Å². The van der Waals surface area contributed by atoms with E-state index in [0.717, 1.165) is 31.5 Å². The number of nitrogens with one attached hydrogen (secondary N) is 1. The Morgan fingerprint density at radius 3 is 2.59 bits per heavy atom. The molecule has 5 heteroatoms. The van der Waals surface area contributed by atoms with E-state index in [0.29, 0.717) is 22.8 Å². The van der Waals surface area contributed by atoms with Crippen LogP contribution < -0.4 is 5.32 Å². The van der Waals surface area contributed by atoms with Crippen molar-refractivity contribution in [2.45, 2.75) is 25.6 Å². The molecule has 0 saturated carbocycles. The Morgan fingerprint density at radius 1 is 1.24 bits per heavy atom. The quantitative estimate of drug-likeness (QED) is 0.918. The third-order valence-corrected chi connectivity index (χ3v) is 3.36. The topological polar surface area (TPSA) is 21.3 Å². The third-order valence-electron chi connectivity index (χ3n) is 2.78. The van der Waals surface area contributed by atoms with Crippen LogP contribution in [0.3, 0.4) is 0 Å². The van der Waals surface area contributed by atoms with Gasteiger partial charge in [0.05, 0.1) is 12.7 Å². The van der Waals surface area contributed by atoms with Crippen molar-refractivity contribution in [3.63, 3.8) is 0 Å². The number of ether oxygens (including phenoxy) is 1. The normalized spacial score (nSPS) is 16.6. The van der Waals surface area contributed by atoms with Gasteiger partial charge in [0.15, 0.2) is 0 Å². The summed E-state index contributed by atoms with van der Waals surface area (Å²) in [5, 5.41) is 4.65. The Morgan fingerprint density at radius 2 is 1.94 bits per heavy atom. The molecule has 0 atom stereocenters. The number of hydrogen-bond acceptors (Lipinski definition) is 2. The molecule has 2 nitrogen and oxygen atoms in total. The molecule has 1 aromatic rings. The molecular weight excluding hydrogens is 280 g/mol. The zero-order valence-corrected chi connectivity index (χ0v) is 11.7. The van der Waals surface area contributed by atoms with Crippen molar-refractivity contribution < 1.29 is 4.74 Å². The maximum absolute atomic E-state index is 6.07. The second-order valence-corrected chi connectivity index (χ2v) is 4.84. The Balaban J connectivity index is 0.00000144. The van der Waals surface area contributed by atoms with Crippen molar-refractivity contribution in [1.82, 2.24) is 5.32 Å². The van der Waals surface area contributed by atoms with Gasteiger partial charge in [0.2, 0.25) is 0 Å². The highest BCUT2D eigenvalue weighted by molar-refractivity contribution is 6.35. The molecule has 1 heterocycles. The van der Waals surface area contributed by atoms with Gasteiger partial charge < -0.3 is 10.1 Å². The number of rotatable bonds is 3. The minimum Gasteiger partial charge on any atom is -0.373 e. The average molecular weight is 297 g/mol. The number of piperidine rings is 1. The minimum atomic E-state index is 0. The van der Waals surface area contributed by atoms with Crippen LogP contribution in [0.1, 0.15) is 18.4 Å². The first-order valence-electron chi connectivity index (χ1n) is 5.52. The lowest BCUT2D eigenvalue weighted by molar-refractivity contribution is 0.0213. The van der Waals surface area contributed by atoms with Crippen LogP contribution in [0.2, 0.25) is 10.0 Å². The Labute approximate surface area is 118 Å². The molecule has 96 valence electrons. The summed E-state index contributed by atoms with van der Waals surface area (Å²) in [5.74, 6) is 0. The summed E-state index contributed by atoms with van der Waals surface area (Å²) in [6.07, 6.45) is 2.50. The molecule has 1 N–H and O–H groups in total. The lowest BCUT2D eigenvalue weighted by Crippen LogP contribution is -2.32. The van der Waals surface area contributed by atoms with Gasteiger partial charge >= 0.3 is 0 Å². The Bertz CT molecular complexity index is 354. The first-order chi connectivity index (χ1) is 7.75. The van der Waals surface area contributed by atoms with Gasteiger partial charge in [-0.15, -0.1) is 12.4 Å². The van der Waals surface area contributed by atoms with E-state index in [-0.39, 0.29) is 12.4 Å². The van der Waals surface area contributed by atoms with Gasteiger partial charge in [-0.2, -0.15) is 0 Å². The molecule has 2 rings (SSSR count). The average Bonchev–Trinajstić information content (AvgIpc) is 2.29. The Hall–Kier alpha value is 0.01000. The maximum Gasteiger partial charge on any atom is 0.0735 e. The van der Waals surface area contributed by atoms with Crippen LogP contribution in [0.5, 0.6) is 0 Å². The first kappa shape index (κ1) is 15.1. The van der Waals surface area contributed by atoms with Crippen LogP contribution in [0, 0.1) is 0 Å². The van der Waals surface area contributed by atoms with E-state index in [1.54, 1.807) is 6.07 Å². The molecule has 0 unspecified atom stereocenters. The molecule has 17 heavy (non-hydrogen) atoms. The van der Waals surface area contributed by atoms with Crippen molar-refractivity contribution >= 4 is 35.6 Å². The van der Waals surface area contributed by atoms with E-state index in [9.17, 15) is 0 Å². The van der Waals surface area contributed by atoms with Crippen LogP contribution >= 0.6 is 35.6 Å². The molecule has 0 radical (unpaired) electrons. The highest BCUT2D eigenvalue weighted by Crippen LogP contribution is 2.22. The van der Waals surface area contributed by atoms with Crippen molar-refractivity contribution in [3.8, 4) is 0 Å². The largest absolute Gasteiger partial charge is 0.373 e. The highest BCUT2D eigenvalue weighted by Gasteiger charge is 2.13. The third kappa shape index (κ3) is 4.65. The monoisotopic (exact) mass is 295 g/mol. The lowest BCUT2D eigenvalue weighted by atomic mass is 10.1. The number of hydrogen-bond donors (Lipinski definition) is 1. The van der Waals surface area contributed by atoms with Crippen LogP contribution in [0.25, 0.3) is 0 Å². The Kier molecular flexibility index (Phi) is 6.60. The van der Waals surface area contributed by atoms with Gasteiger partial charge in [-0.1, -0.05) is 29.3 Å². The van der Waals surface area contributed by atoms with Crippen LogP contribution in [0.4, 0.5) is 0 Å². The highest BCUT2D eigenvalue weighted by atomic mass is 35.5. The molecule has 1 aliphatic rings. The van der Waals surface area contributed by atoms with E-state index in [1.807, 2.05) is 12.1 Å². The summed E-state index contributed by atoms with van der Waals surface area (Å²) in [6, 6.07) is 5.52. The van der Waals surface area contributed by atoms with E-state index in [2.05, 4.69) is 5.32 Å². The zero-order chi connectivity index (χ0) is 11.4. The van der Waals surface area contributed by atoms with Crippen molar-refractivity contribution in [2.24, 2.45) is 0 Å². The molecule has 0 amide bonds. The minimum absolute atomic E-state index is 0. The summed E-state index contributed by atoms with van der Waals surface area (Å²) in [4.78, 5) is 0. The molecular formula is C12H16Cl3NO. The van der Waals surface area contributed by atoms with Crippen LogP contribution in [-0.4, -0.2) is 19.2 Å². The maximum atomic E-state index is 6.07. The second-order valence-electron chi connectivity index (χ2n) is 4.00. The molecule has 1 fully saturated rings. The first-order valence-corrected chi connectivity index (χ1v) is 6.27. The van der Waals surface area contributed by atoms with Gasteiger partial charge in [-0.25, -0.2) is 0 Å². The molecule has 0 aliphatic carbocycles. The summed E-state index contributed by atoms with van der Waals surface area (Å²) in [6.45, 7) is 2.65. The van der Waals surface area contributed by atoms with Gasteiger partial charge in [-0.05, 0) is 43.6 Å². The molecule has 1 aliphatic heterocycles. The SMILES string of the molecule is Cl.Clc1ccc(COC2CCNCC2)c(Cl)c1. The fraction of sp³-hybridized carbons (Fsp3) is 0.500. The lowest BCUT2D eigenvalue weighted by Gasteiger charge is -2.23. The summed E-state index contributed by atoms with van der Waals surface area (Å²) in [7, 11) is 0.